The van der Waals surface area contributed by atoms with Gasteiger partial charge in [-0.15, -0.1) is 0 Å². The van der Waals surface area contributed by atoms with Gasteiger partial charge in [-0.3, -0.25) is 4.79 Å². The second-order valence-corrected chi connectivity index (χ2v) is 8.97. The highest BCUT2D eigenvalue weighted by Gasteiger charge is 2.33. The minimum absolute atomic E-state index is 0.115. The van der Waals surface area contributed by atoms with E-state index in [1.807, 2.05) is 24.3 Å². The number of carbonyl (C=O) groups is 1. The minimum atomic E-state index is -1.64. The second-order valence-electron chi connectivity index (χ2n) is 5.36. The minimum Gasteiger partial charge on any atom is -0.362 e. The highest BCUT2D eigenvalue weighted by atomic mass is 127. The lowest BCUT2D eigenvalue weighted by Crippen LogP contribution is -2.49. The molecule has 0 bridgehead atoms. The van der Waals surface area contributed by atoms with E-state index >= 15 is 0 Å². The zero-order chi connectivity index (χ0) is 17.3. The molecule has 0 aliphatic rings. The average molecular weight is 492 g/mol. The van der Waals surface area contributed by atoms with E-state index in [0.717, 1.165) is 28.5 Å². The van der Waals surface area contributed by atoms with Crippen molar-refractivity contribution in [3.8, 4) is 0 Å². The number of halogens is 4. The smallest absolute Gasteiger partial charge is 0.228 e. The molecule has 1 aromatic rings. The SMILES string of the molecule is CCCCCCCC(=O)N[C@H](Nc1ccc(I)cc1)C(Cl)(Cl)Cl. The van der Waals surface area contributed by atoms with Gasteiger partial charge in [0.2, 0.25) is 9.70 Å². The molecule has 0 heterocycles. The first-order chi connectivity index (χ1) is 10.8. The van der Waals surface area contributed by atoms with Gasteiger partial charge in [-0.25, -0.2) is 0 Å². The third-order valence-electron chi connectivity index (χ3n) is 3.30. The number of hydrogen-bond acceptors (Lipinski definition) is 2. The zero-order valence-corrected chi connectivity index (χ0v) is 17.5. The van der Waals surface area contributed by atoms with Gasteiger partial charge in [0, 0.05) is 15.7 Å². The molecule has 0 unspecified atom stereocenters. The Labute approximate surface area is 167 Å². The van der Waals surface area contributed by atoms with Crippen LogP contribution < -0.4 is 10.6 Å². The summed E-state index contributed by atoms with van der Waals surface area (Å²) in [6, 6.07) is 7.63. The van der Waals surface area contributed by atoms with Crippen LogP contribution in [-0.2, 0) is 4.79 Å². The third-order valence-corrected chi connectivity index (χ3v) is 4.67. The molecule has 1 atom stereocenters. The molecule has 0 radical (unpaired) electrons. The van der Waals surface area contributed by atoms with Crippen LogP contribution in [0, 0.1) is 3.57 Å². The number of alkyl halides is 3. The highest BCUT2D eigenvalue weighted by molar-refractivity contribution is 14.1. The topological polar surface area (TPSA) is 41.1 Å². The number of unbranched alkanes of at least 4 members (excludes halogenated alkanes) is 4. The standard InChI is InChI=1S/C16H22Cl3IN2O/c1-2-3-4-5-6-7-14(23)22-15(16(17,18)19)21-13-10-8-12(20)9-11-13/h8-11,15,21H,2-7H2,1H3,(H,22,23)/t15-/m0/s1. The predicted molar refractivity (Wildman–Crippen MR) is 108 cm³/mol. The van der Waals surface area contributed by atoms with E-state index in [1.165, 1.54) is 12.8 Å². The summed E-state index contributed by atoms with van der Waals surface area (Å²) in [7, 11) is 0. The Balaban J connectivity index is 2.51. The van der Waals surface area contributed by atoms with E-state index in [4.69, 9.17) is 34.8 Å². The van der Waals surface area contributed by atoms with Gasteiger partial charge in [0.25, 0.3) is 0 Å². The number of anilines is 1. The van der Waals surface area contributed by atoms with Crippen LogP contribution in [0.3, 0.4) is 0 Å². The Morgan fingerprint density at radius 2 is 1.74 bits per heavy atom. The van der Waals surface area contributed by atoms with Crippen LogP contribution in [-0.4, -0.2) is 15.9 Å². The van der Waals surface area contributed by atoms with E-state index in [-0.39, 0.29) is 5.91 Å². The molecule has 1 rings (SSSR count). The van der Waals surface area contributed by atoms with E-state index in [1.54, 1.807) is 0 Å². The van der Waals surface area contributed by atoms with E-state index in [2.05, 4.69) is 40.1 Å². The van der Waals surface area contributed by atoms with Crippen molar-refractivity contribution in [1.82, 2.24) is 5.32 Å². The first-order valence-electron chi connectivity index (χ1n) is 7.71. The molecule has 0 aliphatic heterocycles. The molecule has 0 spiro atoms. The summed E-state index contributed by atoms with van der Waals surface area (Å²) >= 11 is 20.2. The quantitative estimate of drug-likeness (QED) is 0.196. The Kier molecular flexibility index (Phi) is 9.97. The molecule has 1 amide bonds. The van der Waals surface area contributed by atoms with Crippen LogP contribution in [0.2, 0.25) is 0 Å². The molecule has 1 aromatic carbocycles. The number of nitrogens with one attached hydrogen (secondary N) is 2. The number of carbonyl (C=O) groups excluding carboxylic acids is 1. The first-order valence-corrected chi connectivity index (χ1v) is 9.92. The van der Waals surface area contributed by atoms with Crippen LogP contribution in [0.4, 0.5) is 5.69 Å². The molecule has 0 saturated carbocycles. The van der Waals surface area contributed by atoms with E-state index in [0.29, 0.717) is 6.42 Å². The lowest BCUT2D eigenvalue weighted by atomic mass is 10.1. The normalized spacial score (nSPS) is 12.7. The molecule has 23 heavy (non-hydrogen) atoms. The van der Waals surface area contributed by atoms with Crippen molar-refractivity contribution < 1.29 is 4.79 Å². The van der Waals surface area contributed by atoms with Gasteiger partial charge in [0.15, 0.2) is 0 Å². The first kappa shape index (κ1) is 21.1. The molecule has 0 aliphatic carbocycles. The number of benzene rings is 1. The van der Waals surface area contributed by atoms with Gasteiger partial charge in [-0.1, -0.05) is 67.4 Å². The van der Waals surface area contributed by atoms with Gasteiger partial charge in [-0.05, 0) is 53.3 Å². The molecule has 2 N–H and O–H groups in total. The van der Waals surface area contributed by atoms with Crippen molar-refractivity contribution in [1.29, 1.82) is 0 Å². The third kappa shape index (κ3) is 9.22. The van der Waals surface area contributed by atoms with Crippen LogP contribution in [0.25, 0.3) is 0 Å². The van der Waals surface area contributed by atoms with Gasteiger partial charge < -0.3 is 10.6 Å². The van der Waals surface area contributed by atoms with Gasteiger partial charge in [0.1, 0.15) is 6.17 Å². The van der Waals surface area contributed by atoms with Gasteiger partial charge >= 0.3 is 0 Å². The maximum Gasteiger partial charge on any atom is 0.228 e. The molecular weight excluding hydrogens is 469 g/mol. The second kappa shape index (κ2) is 10.9. The molecule has 7 heteroatoms. The highest BCUT2D eigenvalue weighted by Crippen LogP contribution is 2.31. The molecule has 0 fully saturated rings. The molecule has 0 saturated heterocycles. The number of hydrogen-bond donors (Lipinski definition) is 2. The Hall–Kier alpha value is 0.0900. The summed E-state index contributed by atoms with van der Waals surface area (Å²) in [6.45, 7) is 2.16. The molecule has 0 aromatic heterocycles. The van der Waals surface area contributed by atoms with Crippen LogP contribution in [0.1, 0.15) is 45.4 Å². The van der Waals surface area contributed by atoms with E-state index in [9.17, 15) is 4.79 Å². The fourth-order valence-corrected chi connectivity index (χ4v) is 2.72. The summed E-state index contributed by atoms with van der Waals surface area (Å²) < 4.78 is -0.532. The molecular formula is C16H22Cl3IN2O. The summed E-state index contributed by atoms with van der Waals surface area (Å²) in [4.78, 5) is 12.0. The van der Waals surface area contributed by atoms with Crippen LogP contribution in [0.15, 0.2) is 24.3 Å². The summed E-state index contributed by atoms with van der Waals surface area (Å²) in [5.41, 5.74) is 0.782. The maximum absolute atomic E-state index is 12.0. The number of amides is 1. The van der Waals surface area contributed by atoms with Crippen molar-refractivity contribution in [3.05, 3.63) is 27.8 Å². The van der Waals surface area contributed by atoms with Crippen molar-refractivity contribution in [2.45, 2.75) is 55.4 Å². The molecule has 130 valence electrons. The zero-order valence-electron chi connectivity index (χ0n) is 13.0. The van der Waals surface area contributed by atoms with Crippen molar-refractivity contribution in [2.75, 3.05) is 5.32 Å². The fourth-order valence-electron chi connectivity index (χ4n) is 2.03. The average Bonchev–Trinajstić information content (AvgIpc) is 2.47. The monoisotopic (exact) mass is 490 g/mol. The summed E-state index contributed by atoms with van der Waals surface area (Å²) in [6.07, 6.45) is 5.09. The van der Waals surface area contributed by atoms with Gasteiger partial charge in [0.05, 0.1) is 0 Å². The predicted octanol–water partition coefficient (Wildman–Crippen LogP) is 5.88. The fraction of sp³-hybridized carbons (Fsp3) is 0.562. The lowest BCUT2D eigenvalue weighted by molar-refractivity contribution is -0.121. The largest absolute Gasteiger partial charge is 0.362 e. The Bertz CT molecular complexity index is 477. The Morgan fingerprint density at radius 3 is 2.30 bits per heavy atom. The summed E-state index contributed by atoms with van der Waals surface area (Å²) in [5, 5.41) is 5.82. The van der Waals surface area contributed by atoms with Gasteiger partial charge in [-0.2, -0.15) is 0 Å². The lowest BCUT2D eigenvalue weighted by Gasteiger charge is -2.27. The van der Waals surface area contributed by atoms with Crippen LogP contribution in [0.5, 0.6) is 0 Å². The Morgan fingerprint density at radius 1 is 1.13 bits per heavy atom. The van der Waals surface area contributed by atoms with Crippen molar-refractivity contribution in [2.24, 2.45) is 0 Å². The molecule has 3 nitrogen and oxygen atoms in total. The van der Waals surface area contributed by atoms with Crippen LogP contribution >= 0.6 is 57.4 Å². The van der Waals surface area contributed by atoms with Crippen molar-refractivity contribution >= 4 is 69.0 Å². The number of rotatable bonds is 9. The summed E-state index contributed by atoms with van der Waals surface area (Å²) in [5.74, 6) is -0.115. The van der Waals surface area contributed by atoms with Crippen molar-refractivity contribution in [3.63, 3.8) is 0 Å². The maximum atomic E-state index is 12.0. The van der Waals surface area contributed by atoms with E-state index < -0.39 is 9.96 Å².